The Bertz CT molecular complexity index is 1320. The summed E-state index contributed by atoms with van der Waals surface area (Å²) in [6, 6.07) is 0.310. The zero-order valence-corrected chi connectivity index (χ0v) is 29.9. The highest BCUT2D eigenvalue weighted by molar-refractivity contribution is 8.00. The second kappa shape index (κ2) is 22.6. The number of carbonyl (C=O) groups is 6. The molecule has 0 aromatic heterocycles. The van der Waals surface area contributed by atoms with Crippen molar-refractivity contribution >= 4 is 57.4 Å². The van der Waals surface area contributed by atoms with E-state index in [1.807, 2.05) is 11.8 Å². The van der Waals surface area contributed by atoms with Crippen molar-refractivity contribution in [3.05, 3.63) is 12.2 Å². The van der Waals surface area contributed by atoms with Gasteiger partial charge in [0.1, 0.15) is 0 Å². The van der Waals surface area contributed by atoms with Crippen molar-refractivity contribution in [3.63, 3.8) is 0 Å². The summed E-state index contributed by atoms with van der Waals surface area (Å²) in [4.78, 5) is 71.7. The SMILES string of the molecule is O=C(CCCC[C@@H]1SC[C@@H]2NC(=O)N[C@@H]21)NCCOCCOCCOCCOCCNC(=O)C(CNC(=O)CCN1C(=O)C=CC1=O)S(=O)(=O)O. The first kappa shape index (κ1) is 42.1. The number of carbonyl (C=O) groups excluding carboxylic acids is 6. The van der Waals surface area contributed by atoms with Gasteiger partial charge in [0.2, 0.25) is 17.7 Å². The highest BCUT2D eigenvalue weighted by Gasteiger charge is 2.42. The van der Waals surface area contributed by atoms with Crippen LogP contribution in [0.3, 0.4) is 0 Å². The van der Waals surface area contributed by atoms with E-state index in [0.717, 1.165) is 42.1 Å². The van der Waals surface area contributed by atoms with Gasteiger partial charge >= 0.3 is 6.03 Å². The molecule has 0 radical (unpaired) electrons. The van der Waals surface area contributed by atoms with Crippen LogP contribution in [0.25, 0.3) is 0 Å². The van der Waals surface area contributed by atoms with E-state index >= 15 is 0 Å². The molecule has 1 unspecified atom stereocenters. The Kier molecular flexibility index (Phi) is 18.6. The molecule has 0 aromatic carbocycles. The van der Waals surface area contributed by atoms with Crippen LogP contribution in [-0.4, -0.2) is 161 Å². The predicted molar refractivity (Wildman–Crippen MR) is 182 cm³/mol. The third-order valence-corrected chi connectivity index (χ3v) is 10.5. The molecule has 0 bridgehead atoms. The summed E-state index contributed by atoms with van der Waals surface area (Å²) in [6.07, 6.45) is 4.96. The fraction of sp³-hybridized carbons (Fsp3) is 0.733. The summed E-state index contributed by atoms with van der Waals surface area (Å²) < 4.78 is 54.3. The number of rotatable bonds is 27. The van der Waals surface area contributed by atoms with Gasteiger partial charge < -0.3 is 45.5 Å². The van der Waals surface area contributed by atoms with Crippen LogP contribution in [0.5, 0.6) is 0 Å². The largest absolute Gasteiger partial charge is 0.377 e. The van der Waals surface area contributed by atoms with Gasteiger partial charge in [0, 0.05) is 62.2 Å². The van der Waals surface area contributed by atoms with Crippen LogP contribution >= 0.6 is 11.8 Å². The maximum Gasteiger partial charge on any atom is 0.315 e. The molecule has 3 aliphatic heterocycles. The molecule has 21 heteroatoms. The van der Waals surface area contributed by atoms with E-state index in [9.17, 15) is 41.7 Å². The molecule has 2 fully saturated rings. The topological polar surface area (TPSA) is 257 Å². The molecule has 0 saturated carbocycles. The van der Waals surface area contributed by atoms with Crippen LogP contribution in [0.15, 0.2) is 12.2 Å². The maximum absolute atomic E-state index is 12.3. The molecule has 0 aromatic rings. The molecule has 6 N–H and O–H groups in total. The number of imide groups is 1. The number of fused-ring (bicyclic) bond motifs is 1. The Morgan fingerprint density at radius 1 is 0.824 bits per heavy atom. The molecule has 4 atom stereocenters. The quantitative estimate of drug-likeness (QED) is 0.0223. The zero-order chi connectivity index (χ0) is 37.1. The van der Waals surface area contributed by atoms with Crippen molar-refractivity contribution in [1.29, 1.82) is 0 Å². The van der Waals surface area contributed by atoms with Crippen molar-refractivity contribution in [2.24, 2.45) is 0 Å². The number of hydrogen-bond acceptors (Lipinski definition) is 13. The molecule has 3 rings (SSSR count). The maximum atomic E-state index is 12.3. The van der Waals surface area contributed by atoms with E-state index in [1.165, 1.54) is 0 Å². The molecule has 3 aliphatic rings. The monoisotopic (exact) mass is 764 g/mol. The van der Waals surface area contributed by atoms with Crippen molar-refractivity contribution in [1.82, 2.24) is 31.5 Å². The van der Waals surface area contributed by atoms with Gasteiger partial charge in [-0.3, -0.25) is 33.4 Å². The highest BCUT2D eigenvalue weighted by Crippen LogP contribution is 2.33. The number of thioether (sulfide) groups is 1. The van der Waals surface area contributed by atoms with E-state index < -0.39 is 45.5 Å². The van der Waals surface area contributed by atoms with Gasteiger partial charge in [-0.2, -0.15) is 20.2 Å². The van der Waals surface area contributed by atoms with Gasteiger partial charge in [-0.25, -0.2) is 4.79 Å². The van der Waals surface area contributed by atoms with Crippen molar-refractivity contribution in [2.45, 2.75) is 54.7 Å². The average molecular weight is 765 g/mol. The number of ether oxygens (including phenoxy) is 4. The van der Waals surface area contributed by atoms with E-state index in [2.05, 4.69) is 26.6 Å². The Labute approximate surface area is 300 Å². The second-order valence-corrected chi connectivity index (χ2v) is 14.5. The predicted octanol–water partition coefficient (Wildman–Crippen LogP) is -2.30. The first-order chi connectivity index (χ1) is 24.5. The van der Waals surface area contributed by atoms with Crippen LogP contribution in [0.1, 0.15) is 32.1 Å². The van der Waals surface area contributed by atoms with E-state index in [-0.39, 0.29) is 63.4 Å². The van der Waals surface area contributed by atoms with Gasteiger partial charge in [-0.1, -0.05) is 6.42 Å². The molecule has 0 spiro atoms. The van der Waals surface area contributed by atoms with Crippen LogP contribution in [0, 0.1) is 0 Å². The lowest BCUT2D eigenvalue weighted by atomic mass is 10.0. The minimum atomic E-state index is -4.85. The Morgan fingerprint density at radius 2 is 1.39 bits per heavy atom. The van der Waals surface area contributed by atoms with E-state index in [1.54, 1.807) is 0 Å². The normalized spacial score (nSPS) is 20.2. The molecule has 19 nitrogen and oxygen atoms in total. The number of urea groups is 1. The molecule has 7 amide bonds. The number of nitrogens with one attached hydrogen (secondary N) is 5. The average Bonchev–Trinajstić information content (AvgIpc) is 3.74. The summed E-state index contributed by atoms with van der Waals surface area (Å²) in [5, 5.41) is 11.7. The van der Waals surface area contributed by atoms with Gasteiger partial charge in [0.05, 0.1) is 64.9 Å². The van der Waals surface area contributed by atoms with Gasteiger partial charge in [-0.15, -0.1) is 0 Å². The number of nitrogens with zero attached hydrogens (tertiary/aromatic N) is 1. The number of hydrogen-bond donors (Lipinski definition) is 6. The number of amides is 7. The van der Waals surface area contributed by atoms with Crippen LogP contribution in [0.4, 0.5) is 4.79 Å². The molecular weight excluding hydrogens is 716 g/mol. The summed E-state index contributed by atoms with van der Waals surface area (Å²) in [6.45, 7) is 1.61. The standard InChI is InChI=1S/C30H48N6O13S2/c37-24(4-2-1-3-22-28-21(20-50-22)34-30(42)35-28)31-8-11-46-13-15-48-17-18-49-16-14-47-12-9-32-29(41)23(51(43,44)45)19-33-25(38)7-10-36-26(39)5-6-27(36)40/h5-6,21-23,28H,1-4,7-20H2,(H,31,37)(H,32,41)(H,33,38)(H2,34,35,42)(H,43,44,45)/t21-,22-,23?,28-/m0/s1. The van der Waals surface area contributed by atoms with Crippen LogP contribution in [-0.2, 0) is 53.0 Å². The lowest BCUT2D eigenvalue weighted by Gasteiger charge is -2.16. The Hall–Kier alpha value is -3.34. The molecule has 0 aliphatic carbocycles. The second-order valence-electron chi connectivity index (χ2n) is 11.7. The zero-order valence-electron chi connectivity index (χ0n) is 28.3. The van der Waals surface area contributed by atoms with E-state index in [4.69, 9.17) is 18.9 Å². The molecule has 3 heterocycles. The van der Waals surface area contributed by atoms with Crippen molar-refractivity contribution < 1.29 is 60.7 Å². The summed E-state index contributed by atoms with van der Waals surface area (Å²) in [5.74, 6) is -2.00. The fourth-order valence-electron chi connectivity index (χ4n) is 5.24. The lowest BCUT2D eigenvalue weighted by molar-refractivity contribution is -0.137. The smallest absolute Gasteiger partial charge is 0.315 e. The fourth-order valence-corrected chi connectivity index (χ4v) is 7.43. The minimum Gasteiger partial charge on any atom is -0.377 e. The first-order valence-corrected chi connectivity index (χ1v) is 19.3. The Balaban J connectivity index is 1.06. The molecular formula is C30H48N6O13S2. The summed E-state index contributed by atoms with van der Waals surface area (Å²) >= 11 is 1.87. The van der Waals surface area contributed by atoms with Crippen molar-refractivity contribution in [2.75, 3.05) is 84.8 Å². The van der Waals surface area contributed by atoms with E-state index in [0.29, 0.717) is 51.2 Å². The minimum absolute atomic E-state index is 0.0121. The molecule has 2 saturated heterocycles. The third kappa shape index (κ3) is 15.8. The van der Waals surface area contributed by atoms with Crippen LogP contribution < -0.4 is 26.6 Å². The first-order valence-electron chi connectivity index (χ1n) is 16.8. The molecule has 51 heavy (non-hydrogen) atoms. The van der Waals surface area contributed by atoms with Gasteiger partial charge in [0.15, 0.2) is 5.25 Å². The lowest BCUT2D eigenvalue weighted by Crippen LogP contribution is -2.48. The van der Waals surface area contributed by atoms with Gasteiger partial charge in [0.25, 0.3) is 21.9 Å². The highest BCUT2D eigenvalue weighted by atomic mass is 32.2. The summed E-state index contributed by atoms with van der Waals surface area (Å²) in [7, 11) is -4.85. The summed E-state index contributed by atoms with van der Waals surface area (Å²) in [5.41, 5.74) is 0. The van der Waals surface area contributed by atoms with Crippen molar-refractivity contribution in [3.8, 4) is 0 Å². The number of unbranched alkanes of at least 4 members (excludes halogenated alkanes) is 1. The molecule has 288 valence electrons. The van der Waals surface area contributed by atoms with Crippen LogP contribution in [0.2, 0.25) is 0 Å². The van der Waals surface area contributed by atoms with Gasteiger partial charge in [-0.05, 0) is 12.8 Å². The third-order valence-electron chi connectivity index (χ3n) is 7.91. The Morgan fingerprint density at radius 3 is 2.00 bits per heavy atom.